The molecule has 0 aromatic rings. The van der Waals surface area contributed by atoms with Gasteiger partial charge >= 0.3 is 5.37 Å². The largest absolute Gasteiger partial charge is 0.330 e. The smallest absolute Gasteiger partial charge is 0.303 e. The van der Waals surface area contributed by atoms with Crippen LogP contribution in [0.15, 0.2) is 6.20 Å². The molecule has 1 rings (SSSR count). The Bertz CT molecular complexity index is 135. The summed E-state index contributed by atoms with van der Waals surface area (Å²) < 4.78 is 2.59. The highest BCUT2D eigenvalue weighted by Crippen LogP contribution is 2.12. The van der Waals surface area contributed by atoms with E-state index in [0.717, 1.165) is 11.9 Å². The lowest BCUT2D eigenvalue weighted by molar-refractivity contribution is -0.484. The second-order valence-corrected chi connectivity index (χ2v) is 2.10. The Morgan fingerprint density at radius 2 is 2.75 bits per heavy atom. The van der Waals surface area contributed by atoms with Crippen LogP contribution >= 0.6 is 11.9 Å². The molecule has 43 valence electrons. The average molecular weight is 131 g/mol. The number of nitro groups is 1. The average Bonchev–Trinajstić information content (AvgIpc) is 2.12. The van der Waals surface area contributed by atoms with Crippen LogP contribution in [-0.4, -0.2) is 10.3 Å². The monoisotopic (exact) mass is 131 g/mol. The summed E-state index contributed by atoms with van der Waals surface area (Å²) in [5, 5.41) is 9.15. The van der Waals surface area contributed by atoms with Crippen LogP contribution in [0.4, 0.5) is 0 Å². The van der Waals surface area contributed by atoms with Crippen molar-refractivity contribution in [1.29, 1.82) is 0 Å². The van der Waals surface area contributed by atoms with Gasteiger partial charge in [0.15, 0.2) is 0 Å². The zero-order valence-electron chi connectivity index (χ0n) is 3.83. The van der Waals surface area contributed by atoms with E-state index in [1.54, 1.807) is 0 Å². The van der Waals surface area contributed by atoms with Crippen molar-refractivity contribution in [3.63, 3.8) is 0 Å². The summed E-state index contributed by atoms with van der Waals surface area (Å²) in [5.41, 5.74) is 0. The zero-order valence-corrected chi connectivity index (χ0v) is 4.64. The van der Waals surface area contributed by atoms with Crippen LogP contribution in [-0.2, 0) is 0 Å². The van der Waals surface area contributed by atoms with Gasteiger partial charge in [-0.3, -0.25) is 10.1 Å². The Hall–Kier alpha value is -0.710. The van der Waals surface area contributed by atoms with Crippen molar-refractivity contribution < 1.29 is 4.92 Å². The third kappa shape index (κ3) is 0.919. The fourth-order valence-corrected chi connectivity index (χ4v) is 0.829. The minimum atomic E-state index is -0.713. The molecule has 0 spiro atoms. The molecule has 4 nitrogen and oxygen atoms in total. The molecule has 1 N–H and O–H groups in total. The van der Waals surface area contributed by atoms with Crippen LogP contribution in [0.3, 0.4) is 0 Å². The Balaban J connectivity index is 2.48. The molecule has 0 amide bonds. The van der Waals surface area contributed by atoms with Crippen LogP contribution in [0, 0.1) is 16.2 Å². The first-order valence-electron chi connectivity index (χ1n) is 1.93. The quantitative estimate of drug-likeness (QED) is 0.313. The van der Waals surface area contributed by atoms with E-state index >= 15 is 0 Å². The number of hydrogen-bond acceptors (Lipinski definition) is 4. The Kier molecular flexibility index (Phi) is 1.38. The molecule has 0 aliphatic carbocycles. The maximum atomic E-state index is 9.86. The normalized spacial score (nSPS) is 25.2. The van der Waals surface area contributed by atoms with Crippen molar-refractivity contribution in [2.45, 2.75) is 5.37 Å². The lowest BCUT2D eigenvalue weighted by atomic mass is 10.6. The molecule has 1 heterocycles. The van der Waals surface area contributed by atoms with Crippen molar-refractivity contribution >= 4 is 11.9 Å². The number of rotatable bonds is 1. The SMILES string of the molecule is O=[N+]([O-])C1[C]=CNS1. The fourth-order valence-electron chi connectivity index (χ4n) is 0.342. The van der Waals surface area contributed by atoms with E-state index in [1.165, 1.54) is 6.20 Å². The Labute approximate surface area is 50.2 Å². The van der Waals surface area contributed by atoms with Crippen LogP contribution in [0.1, 0.15) is 0 Å². The van der Waals surface area contributed by atoms with Gasteiger partial charge in [-0.25, -0.2) is 0 Å². The molecule has 1 aliphatic rings. The lowest BCUT2D eigenvalue weighted by Gasteiger charge is -1.92. The van der Waals surface area contributed by atoms with E-state index in [1.807, 2.05) is 0 Å². The van der Waals surface area contributed by atoms with Crippen LogP contribution < -0.4 is 4.72 Å². The van der Waals surface area contributed by atoms with Crippen molar-refractivity contribution in [2.75, 3.05) is 0 Å². The van der Waals surface area contributed by atoms with Crippen molar-refractivity contribution in [2.24, 2.45) is 0 Å². The van der Waals surface area contributed by atoms with Crippen LogP contribution in [0.2, 0.25) is 0 Å². The lowest BCUT2D eigenvalue weighted by Crippen LogP contribution is -2.10. The fraction of sp³-hybridized carbons (Fsp3) is 0.333. The van der Waals surface area contributed by atoms with Gasteiger partial charge < -0.3 is 4.72 Å². The first kappa shape index (κ1) is 5.43. The summed E-state index contributed by atoms with van der Waals surface area (Å²) in [7, 11) is 0. The van der Waals surface area contributed by atoms with E-state index in [9.17, 15) is 10.1 Å². The molecular weight excluding hydrogens is 128 g/mol. The summed E-state index contributed by atoms with van der Waals surface area (Å²) in [6, 6.07) is 0. The van der Waals surface area contributed by atoms with E-state index in [0.29, 0.717) is 0 Å². The molecular formula is C3H3N2O2S. The maximum Gasteiger partial charge on any atom is 0.303 e. The molecule has 0 aromatic carbocycles. The summed E-state index contributed by atoms with van der Waals surface area (Å²) in [4.78, 5) is 9.46. The van der Waals surface area contributed by atoms with Gasteiger partial charge in [0.25, 0.3) is 0 Å². The van der Waals surface area contributed by atoms with Gasteiger partial charge in [-0.1, -0.05) is 0 Å². The molecule has 8 heavy (non-hydrogen) atoms. The van der Waals surface area contributed by atoms with Gasteiger partial charge in [0, 0.05) is 23.1 Å². The van der Waals surface area contributed by atoms with E-state index in [4.69, 9.17) is 0 Å². The van der Waals surface area contributed by atoms with Gasteiger partial charge in [-0.2, -0.15) is 0 Å². The molecule has 0 bridgehead atoms. The zero-order chi connectivity index (χ0) is 5.98. The van der Waals surface area contributed by atoms with Gasteiger partial charge in [0.2, 0.25) is 0 Å². The predicted octanol–water partition coefficient (Wildman–Crippen LogP) is 0.157. The van der Waals surface area contributed by atoms with Crippen molar-refractivity contribution in [3.05, 3.63) is 22.4 Å². The third-order valence-electron chi connectivity index (χ3n) is 0.656. The molecule has 0 aromatic heterocycles. The Morgan fingerprint density at radius 3 is 3.00 bits per heavy atom. The molecule has 5 heteroatoms. The highest BCUT2D eigenvalue weighted by Gasteiger charge is 2.20. The van der Waals surface area contributed by atoms with Gasteiger partial charge in [-0.05, 0) is 0 Å². The first-order valence-corrected chi connectivity index (χ1v) is 2.81. The number of hydrogen-bond donors (Lipinski definition) is 1. The number of nitrogens with zero attached hydrogens (tertiary/aromatic N) is 1. The third-order valence-corrected chi connectivity index (χ3v) is 1.44. The van der Waals surface area contributed by atoms with Crippen LogP contribution in [0.25, 0.3) is 0 Å². The van der Waals surface area contributed by atoms with E-state index < -0.39 is 10.3 Å². The summed E-state index contributed by atoms with van der Waals surface area (Å²) in [6.45, 7) is 0. The molecule has 1 aliphatic heterocycles. The van der Waals surface area contributed by atoms with E-state index in [-0.39, 0.29) is 0 Å². The summed E-state index contributed by atoms with van der Waals surface area (Å²) in [6.07, 6.45) is 3.93. The standard InChI is InChI=1S/C3H3N2O2S/c6-5(7)3-1-2-4-8-3/h2-4H. The second kappa shape index (κ2) is 2.04. The minimum absolute atomic E-state index is 0.402. The molecule has 0 saturated heterocycles. The van der Waals surface area contributed by atoms with Crippen LogP contribution in [0.5, 0.6) is 0 Å². The Morgan fingerprint density at radius 1 is 2.00 bits per heavy atom. The highest BCUT2D eigenvalue weighted by molar-refractivity contribution is 7.98. The topological polar surface area (TPSA) is 55.2 Å². The first-order chi connectivity index (χ1) is 3.80. The predicted molar refractivity (Wildman–Crippen MR) is 29.3 cm³/mol. The molecule has 1 atom stereocenters. The molecule has 0 fully saturated rings. The second-order valence-electron chi connectivity index (χ2n) is 1.18. The van der Waals surface area contributed by atoms with Gasteiger partial charge in [0.05, 0.1) is 6.08 Å². The maximum absolute atomic E-state index is 9.86. The highest BCUT2D eigenvalue weighted by atomic mass is 32.2. The summed E-state index contributed by atoms with van der Waals surface area (Å²) in [5.74, 6) is 0. The summed E-state index contributed by atoms with van der Waals surface area (Å²) >= 11 is 1.03. The minimum Gasteiger partial charge on any atom is -0.330 e. The van der Waals surface area contributed by atoms with Crippen molar-refractivity contribution in [1.82, 2.24) is 4.72 Å². The molecule has 0 saturated carbocycles. The van der Waals surface area contributed by atoms with Gasteiger partial charge in [0.1, 0.15) is 0 Å². The van der Waals surface area contributed by atoms with E-state index in [2.05, 4.69) is 10.8 Å². The van der Waals surface area contributed by atoms with Gasteiger partial charge in [-0.15, -0.1) is 0 Å². The molecule has 1 radical (unpaired) electrons. The number of nitrogens with one attached hydrogen (secondary N) is 1. The molecule has 1 unspecified atom stereocenters. The van der Waals surface area contributed by atoms with Crippen molar-refractivity contribution in [3.8, 4) is 0 Å².